The first kappa shape index (κ1) is 15.0. The van der Waals surface area contributed by atoms with Gasteiger partial charge in [0.05, 0.1) is 6.07 Å². The summed E-state index contributed by atoms with van der Waals surface area (Å²) < 4.78 is 0. The fraction of sp³-hybridized carbons (Fsp3) is 0.588. The normalized spacial score (nSPS) is 22.4. The summed E-state index contributed by atoms with van der Waals surface area (Å²) in [7, 11) is 0. The molecule has 3 heteroatoms. The standard InChI is InChI=1S/C17H25N3/c1-4-16-13-19(5-2)10-11-20(16)17(12-18)15-8-6-14(3)7-9-15/h6-9,16-17H,4-5,10-11,13H2,1-3H3. The average Bonchev–Trinajstić information content (AvgIpc) is 2.50. The van der Waals surface area contributed by atoms with Gasteiger partial charge in [0.1, 0.15) is 6.04 Å². The van der Waals surface area contributed by atoms with Gasteiger partial charge < -0.3 is 4.90 Å². The lowest BCUT2D eigenvalue weighted by Gasteiger charge is -2.43. The zero-order chi connectivity index (χ0) is 14.5. The molecule has 0 N–H and O–H groups in total. The number of nitrogens with zero attached hydrogens (tertiary/aromatic N) is 3. The first-order valence-electron chi connectivity index (χ1n) is 7.63. The maximum atomic E-state index is 9.63. The lowest BCUT2D eigenvalue weighted by atomic mass is 10.00. The van der Waals surface area contributed by atoms with Crippen LogP contribution >= 0.6 is 0 Å². The van der Waals surface area contributed by atoms with Crippen molar-refractivity contribution in [3.8, 4) is 6.07 Å². The Balaban J connectivity index is 2.18. The van der Waals surface area contributed by atoms with E-state index in [1.165, 1.54) is 5.56 Å². The smallest absolute Gasteiger partial charge is 0.124 e. The van der Waals surface area contributed by atoms with Crippen LogP contribution in [0, 0.1) is 18.3 Å². The predicted molar refractivity (Wildman–Crippen MR) is 82.4 cm³/mol. The van der Waals surface area contributed by atoms with Crippen LogP contribution in [0.4, 0.5) is 0 Å². The lowest BCUT2D eigenvalue weighted by molar-refractivity contribution is 0.0569. The zero-order valence-electron chi connectivity index (χ0n) is 12.8. The number of piperazine rings is 1. The molecule has 3 nitrogen and oxygen atoms in total. The summed E-state index contributed by atoms with van der Waals surface area (Å²) in [5.74, 6) is 0. The molecule has 0 bridgehead atoms. The van der Waals surface area contributed by atoms with Crippen LogP contribution in [0.25, 0.3) is 0 Å². The monoisotopic (exact) mass is 271 g/mol. The number of rotatable bonds is 4. The largest absolute Gasteiger partial charge is 0.301 e. The van der Waals surface area contributed by atoms with Gasteiger partial charge in [-0.25, -0.2) is 0 Å². The van der Waals surface area contributed by atoms with Gasteiger partial charge in [-0.3, -0.25) is 4.90 Å². The van der Waals surface area contributed by atoms with E-state index in [0.717, 1.165) is 38.2 Å². The number of nitriles is 1. The van der Waals surface area contributed by atoms with Gasteiger partial charge in [0.2, 0.25) is 0 Å². The number of aryl methyl sites for hydroxylation is 1. The van der Waals surface area contributed by atoms with Gasteiger partial charge in [0.25, 0.3) is 0 Å². The van der Waals surface area contributed by atoms with E-state index in [9.17, 15) is 5.26 Å². The second-order valence-corrected chi connectivity index (χ2v) is 5.64. The molecule has 1 heterocycles. The molecule has 1 saturated heterocycles. The van der Waals surface area contributed by atoms with Gasteiger partial charge >= 0.3 is 0 Å². The third-order valence-electron chi connectivity index (χ3n) is 4.38. The van der Waals surface area contributed by atoms with Crippen LogP contribution < -0.4 is 0 Å². The predicted octanol–water partition coefficient (Wildman–Crippen LogP) is 2.98. The van der Waals surface area contributed by atoms with E-state index < -0.39 is 0 Å². The van der Waals surface area contributed by atoms with Gasteiger partial charge in [0, 0.05) is 25.7 Å². The van der Waals surface area contributed by atoms with Crippen molar-refractivity contribution >= 4 is 0 Å². The Bertz CT molecular complexity index is 460. The van der Waals surface area contributed by atoms with E-state index >= 15 is 0 Å². The van der Waals surface area contributed by atoms with Crippen molar-refractivity contribution in [1.29, 1.82) is 5.26 Å². The molecule has 2 rings (SSSR count). The first-order valence-corrected chi connectivity index (χ1v) is 7.63. The van der Waals surface area contributed by atoms with Gasteiger partial charge in [-0.05, 0) is 25.5 Å². The first-order chi connectivity index (χ1) is 9.69. The topological polar surface area (TPSA) is 30.3 Å². The second kappa shape index (κ2) is 6.88. The Hall–Kier alpha value is -1.37. The summed E-state index contributed by atoms with van der Waals surface area (Å²) in [6, 6.07) is 11.3. The molecule has 0 aromatic heterocycles. The van der Waals surface area contributed by atoms with Gasteiger partial charge in [-0.1, -0.05) is 43.7 Å². The molecule has 0 aliphatic carbocycles. The SMILES string of the molecule is CCC1CN(CC)CCN1C(C#N)c1ccc(C)cc1. The van der Waals surface area contributed by atoms with Gasteiger partial charge in [0.15, 0.2) is 0 Å². The molecule has 2 unspecified atom stereocenters. The second-order valence-electron chi connectivity index (χ2n) is 5.64. The van der Waals surface area contributed by atoms with Crippen LogP contribution in [-0.2, 0) is 0 Å². The summed E-state index contributed by atoms with van der Waals surface area (Å²) in [6.07, 6.45) is 1.10. The molecule has 20 heavy (non-hydrogen) atoms. The Morgan fingerprint density at radius 3 is 2.50 bits per heavy atom. The minimum atomic E-state index is -0.112. The van der Waals surface area contributed by atoms with Crippen molar-refractivity contribution < 1.29 is 0 Å². The van der Waals surface area contributed by atoms with Gasteiger partial charge in [-0.15, -0.1) is 0 Å². The van der Waals surface area contributed by atoms with Gasteiger partial charge in [-0.2, -0.15) is 5.26 Å². The van der Waals surface area contributed by atoms with Crippen LogP contribution in [0.2, 0.25) is 0 Å². The molecule has 2 atom stereocenters. The summed E-state index contributed by atoms with van der Waals surface area (Å²) in [6.45, 7) is 10.8. The molecule has 0 spiro atoms. The highest BCUT2D eigenvalue weighted by molar-refractivity contribution is 5.28. The third kappa shape index (κ3) is 3.20. The van der Waals surface area contributed by atoms with Crippen LogP contribution in [0.5, 0.6) is 0 Å². The molecular formula is C17H25N3. The van der Waals surface area contributed by atoms with Crippen molar-refractivity contribution in [1.82, 2.24) is 9.80 Å². The highest BCUT2D eigenvalue weighted by Gasteiger charge is 2.31. The van der Waals surface area contributed by atoms with Crippen LogP contribution in [0.3, 0.4) is 0 Å². The summed E-state index contributed by atoms with van der Waals surface area (Å²) in [4.78, 5) is 4.87. The van der Waals surface area contributed by atoms with E-state index in [2.05, 4.69) is 60.9 Å². The van der Waals surface area contributed by atoms with Crippen LogP contribution in [0.1, 0.15) is 37.4 Å². The molecule has 1 aromatic rings. The van der Waals surface area contributed by atoms with Crippen molar-refractivity contribution in [3.05, 3.63) is 35.4 Å². The molecular weight excluding hydrogens is 246 g/mol. The lowest BCUT2D eigenvalue weighted by Crippen LogP contribution is -2.53. The summed E-state index contributed by atoms with van der Waals surface area (Å²) >= 11 is 0. The number of hydrogen-bond donors (Lipinski definition) is 0. The average molecular weight is 271 g/mol. The number of benzene rings is 1. The number of hydrogen-bond acceptors (Lipinski definition) is 3. The third-order valence-corrected chi connectivity index (χ3v) is 4.38. The minimum absolute atomic E-state index is 0.112. The van der Waals surface area contributed by atoms with Crippen LogP contribution in [-0.4, -0.2) is 42.0 Å². The minimum Gasteiger partial charge on any atom is -0.301 e. The van der Waals surface area contributed by atoms with E-state index in [4.69, 9.17) is 0 Å². The van der Waals surface area contributed by atoms with Crippen molar-refractivity contribution in [2.75, 3.05) is 26.2 Å². The fourth-order valence-electron chi connectivity index (χ4n) is 3.01. The molecule has 1 aliphatic rings. The summed E-state index contributed by atoms with van der Waals surface area (Å²) in [5.41, 5.74) is 2.37. The maximum Gasteiger partial charge on any atom is 0.124 e. The van der Waals surface area contributed by atoms with E-state index in [1.54, 1.807) is 0 Å². The molecule has 1 fully saturated rings. The Morgan fingerprint density at radius 2 is 1.95 bits per heavy atom. The molecule has 1 aromatic carbocycles. The maximum absolute atomic E-state index is 9.63. The zero-order valence-corrected chi connectivity index (χ0v) is 12.8. The Labute approximate surface area is 122 Å². The number of likely N-dealkylation sites (N-methyl/N-ethyl adjacent to an activating group) is 1. The van der Waals surface area contributed by atoms with E-state index in [-0.39, 0.29) is 6.04 Å². The van der Waals surface area contributed by atoms with Crippen molar-refractivity contribution in [3.63, 3.8) is 0 Å². The van der Waals surface area contributed by atoms with E-state index in [1.807, 2.05) is 0 Å². The molecule has 0 radical (unpaired) electrons. The molecule has 0 amide bonds. The summed E-state index contributed by atoms with van der Waals surface area (Å²) in [5, 5.41) is 9.63. The fourth-order valence-corrected chi connectivity index (χ4v) is 3.01. The van der Waals surface area contributed by atoms with Crippen molar-refractivity contribution in [2.45, 2.75) is 39.3 Å². The van der Waals surface area contributed by atoms with E-state index in [0.29, 0.717) is 6.04 Å². The molecule has 108 valence electrons. The highest BCUT2D eigenvalue weighted by Crippen LogP contribution is 2.26. The molecule has 1 aliphatic heterocycles. The molecule has 0 saturated carbocycles. The van der Waals surface area contributed by atoms with Crippen LogP contribution in [0.15, 0.2) is 24.3 Å². The quantitative estimate of drug-likeness (QED) is 0.843. The van der Waals surface area contributed by atoms with Crippen molar-refractivity contribution in [2.24, 2.45) is 0 Å². The highest BCUT2D eigenvalue weighted by atomic mass is 15.3. The Morgan fingerprint density at radius 1 is 1.25 bits per heavy atom. The Kier molecular flexibility index (Phi) is 5.17.